The molecule has 0 bridgehead atoms. The van der Waals surface area contributed by atoms with Gasteiger partial charge in [0.2, 0.25) is 0 Å². The number of nitrogens with zero attached hydrogens (tertiary/aromatic N) is 1. The van der Waals surface area contributed by atoms with E-state index in [1.807, 2.05) is 6.92 Å². The van der Waals surface area contributed by atoms with Gasteiger partial charge in [-0.2, -0.15) is 11.8 Å². The summed E-state index contributed by atoms with van der Waals surface area (Å²) < 4.78 is 5.41. The minimum absolute atomic E-state index is 0.225. The van der Waals surface area contributed by atoms with Crippen molar-refractivity contribution >= 4 is 11.8 Å². The maximum atomic E-state index is 10.6. The Kier molecular flexibility index (Phi) is 9.77. The van der Waals surface area contributed by atoms with Gasteiger partial charge in [0.05, 0.1) is 24.9 Å². The molecule has 0 radical (unpaired) electrons. The van der Waals surface area contributed by atoms with Crippen LogP contribution in [0.4, 0.5) is 0 Å². The maximum Gasteiger partial charge on any atom is 0.0654 e. The van der Waals surface area contributed by atoms with E-state index in [4.69, 9.17) is 4.74 Å². The van der Waals surface area contributed by atoms with Crippen molar-refractivity contribution < 1.29 is 14.9 Å². The van der Waals surface area contributed by atoms with Crippen LogP contribution < -0.4 is 0 Å². The Bertz CT molecular complexity index is 571. The molecule has 0 aromatic rings. The summed E-state index contributed by atoms with van der Waals surface area (Å²) in [7, 11) is 0. The van der Waals surface area contributed by atoms with Gasteiger partial charge in [0.15, 0.2) is 0 Å². The van der Waals surface area contributed by atoms with Gasteiger partial charge < -0.3 is 14.9 Å². The van der Waals surface area contributed by atoms with Crippen molar-refractivity contribution in [3.63, 3.8) is 0 Å². The third kappa shape index (κ3) is 7.37. The second kappa shape index (κ2) is 12.1. The molecule has 0 unspecified atom stereocenters. The molecule has 2 fully saturated rings. The van der Waals surface area contributed by atoms with Gasteiger partial charge in [0.25, 0.3) is 0 Å². The molecule has 5 atom stereocenters. The van der Waals surface area contributed by atoms with Crippen LogP contribution in [0.25, 0.3) is 0 Å². The van der Waals surface area contributed by atoms with Crippen LogP contribution in [0.3, 0.4) is 0 Å². The van der Waals surface area contributed by atoms with E-state index in [9.17, 15) is 10.2 Å². The third-order valence-corrected chi connectivity index (χ3v) is 8.12. The molecule has 0 amide bonds. The Morgan fingerprint density at radius 1 is 1.30 bits per heavy atom. The Morgan fingerprint density at radius 3 is 2.87 bits per heavy atom. The largest absolute Gasteiger partial charge is 0.392 e. The van der Waals surface area contributed by atoms with Gasteiger partial charge in [-0.1, -0.05) is 43.6 Å². The average molecular weight is 438 g/mol. The van der Waals surface area contributed by atoms with E-state index in [1.54, 1.807) is 5.57 Å². The number of allylic oxidation sites excluding steroid dienone is 2. The number of rotatable bonds is 12. The molecule has 0 spiro atoms. The molecular weight excluding hydrogens is 394 g/mol. The van der Waals surface area contributed by atoms with Gasteiger partial charge in [-0.3, -0.25) is 4.90 Å². The van der Waals surface area contributed by atoms with Crippen molar-refractivity contribution in [1.29, 1.82) is 0 Å². The highest BCUT2D eigenvalue weighted by Gasteiger charge is 2.43. The number of hydrogen-bond acceptors (Lipinski definition) is 5. The molecule has 1 heterocycles. The SMILES string of the molecule is CCCC[C@](C)(O)CC=C[C@@H]1[C@H]2CC(CCSCCN3CCOCC3)=C[C@H]2C[C@H]1O. The number of thioether (sulfide) groups is 1. The highest BCUT2D eigenvalue weighted by Crippen LogP contribution is 2.48. The Morgan fingerprint density at radius 2 is 2.10 bits per heavy atom. The van der Waals surface area contributed by atoms with Crippen molar-refractivity contribution in [3.8, 4) is 0 Å². The van der Waals surface area contributed by atoms with E-state index < -0.39 is 5.60 Å². The summed E-state index contributed by atoms with van der Waals surface area (Å²) in [4.78, 5) is 2.51. The van der Waals surface area contributed by atoms with Crippen LogP contribution in [-0.4, -0.2) is 71.2 Å². The van der Waals surface area contributed by atoms with Gasteiger partial charge in [-0.15, -0.1) is 0 Å². The van der Waals surface area contributed by atoms with Crippen LogP contribution in [0, 0.1) is 17.8 Å². The second-order valence-corrected chi connectivity index (χ2v) is 11.0. The number of hydrogen-bond donors (Lipinski definition) is 2. The fraction of sp³-hybridized carbons (Fsp3) is 0.840. The molecule has 0 aromatic heterocycles. The predicted octanol–water partition coefficient (Wildman–Crippen LogP) is 4.27. The fourth-order valence-corrected chi connectivity index (χ4v) is 6.25. The van der Waals surface area contributed by atoms with E-state index >= 15 is 0 Å². The van der Waals surface area contributed by atoms with Crippen LogP contribution in [-0.2, 0) is 4.74 Å². The van der Waals surface area contributed by atoms with Crippen LogP contribution in [0.1, 0.15) is 58.8 Å². The third-order valence-electron chi connectivity index (χ3n) is 7.16. The molecule has 172 valence electrons. The number of morpholine rings is 1. The average Bonchev–Trinajstić information content (AvgIpc) is 3.24. The lowest BCUT2D eigenvalue weighted by Gasteiger charge is -2.26. The number of ether oxygens (including phenoxy) is 1. The fourth-order valence-electron chi connectivity index (χ4n) is 5.25. The van der Waals surface area contributed by atoms with Crippen LogP contribution in [0.5, 0.6) is 0 Å². The first-order valence-electron chi connectivity index (χ1n) is 12.1. The molecule has 2 aliphatic carbocycles. The van der Waals surface area contributed by atoms with Gasteiger partial charge in [-0.05, 0) is 56.6 Å². The zero-order valence-electron chi connectivity index (χ0n) is 19.1. The molecule has 4 nitrogen and oxygen atoms in total. The molecule has 30 heavy (non-hydrogen) atoms. The monoisotopic (exact) mass is 437 g/mol. The normalized spacial score (nSPS) is 31.8. The smallest absolute Gasteiger partial charge is 0.0654 e. The summed E-state index contributed by atoms with van der Waals surface area (Å²) in [5.41, 5.74) is 0.983. The summed E-state index contributed by atoms with van der Waals surface area (Å²) in [6.45, 7) is 9.22. The first-order valence-corrected chi connectivity index (χ1v) is 13.3. The van der Waals surface area contributed by atoms with Crippen molar-refractivity contribution in [1.82, 2.24) is 4.90 Å². The zero-order chi connectivity index (χ0) is 21.4. The van der Waals surface area contributed by atoms with Crippen molar-refractivity contribution in [2.75, 3.05) is 44.4 Å². The van der Waals surface area contributed by atoms with Gasteiger partial charge in [0.1, 0.15) is 0 Å². The first kappa shape index (κ1) is 24.3. The van der Waals surface area contributed by atoms with E-state index in [0.29, 0.717) is 18.3 Å². The lowest BCUT2D eigenvalue weighted by molar-refractivity contribution is 0.0410. The molecule has 3 aliphatic rings. The van der Waals surface area contributed by atoms with Gasteiger partial charge >= 0.3 is 0 Å². The van der Waals surface area contributed by atoms with Crippen LogP contribution >= 0.6 is 11.8 Å². The molecular formula is C25H43NO3S. The molecule has 1 aliphatic heterocycles. The molecule has 3 rings (SSSR count). The number of aliphatic hydroxyl groups excluding tert-OH is 1. The predicted molar refractivity (Wildman–Crippen MR) is 127 cm³/mol. The maximum absolute atomic E-state index is 10.6. The summed E-state index contributed by atoms with van der Waals surface area (Å²) in [5.74, 6) is 3.77. The highest BCUT2D eigenvalue weighted by molar-refractivity contribution is 7.99. The molecule has 0 aromatic carbocycles. The Balaban J connectivity index is 1.36. The van der Waals surface area contributed by atoms with E-state index in [2.05, 4.69) is 41.8 Å². The van der Waals surface area contributed by atoms with Gasteiger partial charge in [0, 0.05) is 31.3 Å². The quantitative estimate of drug-likeness (QED) is 0.353. The standard InChI is InChI=1S/C25H43NO3S/c1-3-4-8-25(2,28)9-5-6-22-23-18-20(17-21(23)19-24(22)27)7-15-30-16-12-26-10-13-29-14-11-26/h5-6,17,21-24,27-28H,3-4,7-16,18-19H2,1-2H3/t21-,22+,23-,24+,25-/m0/s1. The Labute approximate surface area is 188 Å². The lowest BCUT2D eigenvalue weighted by atomic mass is 9.88. The topological polar surface area (TPSA) is 52.9 Å². The minimum Gasteiger partial charge on any atom is -0.392 e. The number of aliphatic hydroxyl groups is 2. The molecule has 5 heteroatoms. The highest BCUT2D eigenvalue weighted by atomic mass is 32.2. The van der Waals surface area contributed by atoms with E-state index in [-0.39, 0.29) is 12.0 Å². The molecule has 1 saturated carbocycles. The summed E-state index contributed by atoms with van der Waals surface area (Å²) in [6, 6.07) is 0. The number of fused-ring (bicyclic) bond motifs is 1. The van der Waals surface area contributed by atoms with Crippen LogP contribution in [0.15, 0.2) is 23.8 Å². The summed E-state index contributed by atoms with van der Waals surface area (Å²) in [5, 5.41) is 21.1. The zero-order valence-corrected chi connectivity index (χ0v) is 19.9. The molecule has 2 N–H and O–H groups in total. The summed E-state index contributed by atoms with van der Waals surface area (Å²) >= 11 is 2.07. The van der Waals surface area contributed by atoms with Gasteiger partial charge in [-0.25, -0.2) is 0 Å². The van der Waals surface area contributed by atoms with Crippen molar-refractivity contribution in [3.05, 3.63) is 23.8 Å². The minimum atomic E-state index is -0.618. The summed E-state index contributed by atoms with van der Waals surface area (Å²) in [6.07, 6.45) is 13.6. The van der Waals surface area contributed by atoms with Crippen LogP contribution in [0.2, 0.25) is 0 Å². The van der Waals surface area contributed by atoms with Crippen molar-refractivity contribution in [2.45, 2.75) is 70.5 Å². The van der Waals surface area contributed by atoms with E-state index in [1.165, 1.54) is 24.5 Å². The van der Waals surface area contributed by atoms with Crippen molar-refractivity contribution in [2.24, 2.45) is 17.8 Å². The molecule has 1 saturated heterocycles. The Hall–Kier alpha value is -0.330. The van der Waals surface area contributed by atoms with E-state index in [0.717, 1.165) is 58.4 Å². The second-order valence-electron chi connectivity index (χ2n) is 9.79. The number of unbranched alkanes of at least 4 members (excludes halogenated alkanes) is 1. The first-order chi connectivity index (χ1) is 14.5. The lowest BCUT2D eigenvalue weighted by Crippen LogP contribution is -2.37.